The first-order valence-corrected chi connectivity index (χ1v) is 12.0. The molecule has 0 aliphatic heterocycles. The highest BCUT2D eigenvalue weighted by atomic mass is 32.2. The van der Waals surface area contributed by atoms with Crippen LogP contribution in [-0.2, 0) is 10.1 Å². The summed E-state index contributed by atoms with van der Waals surface area (Å²) >= 11 is 0. The SMILES string of the molecule is Nc1cc(S(=O)(=O)O)ccc1O.O=C(Nc1ccccc1)c1cccc2cc3ccccc3cc12. The molecule has 0 aromatic heterocycles. The minimum atomic E-state index is -4.23. The molecule has 35 heavy (non-hydrogen) atoms. The lowest BCUT2D eigenvalue weighted by Crippen LogP contribution is -2.12. The minimum absolute atomic E-state index is 0.0860. The first kappa shape index (κ1) is 23.7. The van der Waals surface area contributed by atoms with Crippen molar-refractivity contribution in [1.29, 1.82) is 0 Å². The van der Waals surface area contributed by atoms with Crippen molar-refractivity contribution >= 4 is 48.9 Å². The molecule has 8 heteroatoms. The molecule has 1 amide bonds. The van der Waals surface area contributed by atoms with Crippen molar-refractivity contribution in [2.24, 2.45) is 0 Å². The summed E-state index contributed by atoms with van der Waals surface area (Å²) in [6, 6.07) is 30.9. The van der Waals surface area contributed by atoms with Crippen molar-refractivity contribution in [3.63, 3.8) is 0 Å². The van der Waals surface area contributed by atoms with Gasteiger partial charge in [-0.2, -0.15) is 8.42 Å². The normalized spacial score (nSPS) is 11.0. The van der Waals surface area contributed by atoms with Crippen molar-refractivity contribution in [3.05, 3.63) is 109 Å². The van der Waals surface area contributed by atoms with Crippen LogP contribution >= 0.6 is 0 Å². The van der Waals surface area contributed by atoms with Gasteiger partial charge in [0.15, 0.2) is 0 Å². The van der Waals surface area contributed by atoms with Gasteiger partial charge in [0.25, 0.3) is 16.0 Å². The van der Waals surface area contributed by atoms with Gasteiger partial charge in [0, 0.05) is 11.3 Å². The minimum Gasteiger partial charge on any atom is -0.506 e. The first-order chi connectivity index (χ1) is 16.7. The topological polar surface area (TPSA) is 130 Å². The third kappa shape index (κ3) is 5.57. The van der Waals surface area contributed by atoms with Gasteiger partial charge < -0.3 is 16.2 Å². The Kier molecular flexibility index (Phi) is 6.68. The maximum atomic E-state index is 12.7. The molecule has 0 saturated carbocycles. The molecule has 0 unspecified atom stereocenters. The molecular formula is C27H22N2O5S. The zero-order valence-corrected chi connectivity index (χ0v) is 19.2. The lowest BCUT2D eigenvalue weighted by Gasteiger charge is -2.09. The van der Waals surface area contributed by atoms with E-state index >= 15 is 0 Å². The second kappa shape index (κ2) is 9.84. The number of nitrogens with one attached hydrogen (secondary N) is 1. The van der Waals surface area contributed by atoms with Crippen LogP contribution in [-0.4, -0.2) is 24.0 Å². The average Bonchev–Trinajstić information content (AvgIpc) is 2.84. The van der Waals surface area contributed by atoms with Gasteiger partial charge in [-0.1, -0.05) is 54.6 Å². The maximum Gasteiger partial charge on any atom is 0.294 e. The summed E-state index contributed by atoms with van der Waals surface area (Å²) in [6.07, 6.45) is 0. The standard InChI is InChI=1S/C21H15NO.C6H7NO4S/c23-21(22-18-10-2-1-3-11-18)19-12-6-9-17-13-15-7-4-5-8-16(15)14-20(17)19;7-5-3-4(12(9,10)11)1-2-6(5)8/h1-14H,(H,22,23);1-3,8H,7H2,(H,9,10,11). The number of aromatic hydroxyl groups is 1. The molecule has 0 aliphatic rings. The molecule has 0 spiro atoms. The number of nitrogens with two attached hydrogens (primary N) is 1. The van der Waals surface area contributed by atoms with Crippen LogP contribution in [0.3, 0.4) is 0 Å². The Morgan fingerprint density at radius 2 is 1.37 bits per heavy atom. The van der Waals surface area contributed by atoms with E-state index in [1.54, 1.807) is 0 Å². The van der Waals surface area contributed by atoms with Crippen LogP contribution in [0.4, 0.5) is 11.4 Å². The van der Waals surface area contributed by atoms with Crippen LogP contribution in [0.15, 0.2) is 108 Å². The van der Waals surface area contributed by atoms with Crippen molar-refractivity contribution < 1.29 is 22.9 Å². The number of phenols is 1. The number of phenolic OH excluding ortho intramolecular Hbond substituents is 1. The molecule has 0 atom stereocenters. The van der Waals surface area contributed by atoms with E-state index in [1.807, 2.05) is 60.7 Å². The lowest BCUT2D eigenvalue weighted by molar-refractivity contribution is 0.102. The van der Waals surface area contributed by atoms with Gasteiger partial charge in [-0.25, -0.2) is 0 Å². The van der Waals surface area contributed by atoms with Crippen LogP contribution in [0.1, 0.15) is 10.4 Å². The monoisotopic (exact) mass is 486 g/mol. The predicted octanol–water partition coefficient (Wildman–Crippen LogP) is 5.47. The number of hydrogen-bond acceptors (Lipinski definition) is 5. The Balaban J connectivity index is 0.000000204. The highest BCUT2D eigenvalue weighted by Crippen LogP contribution is 2.26. The second-order valence-corrected chi connectivity index (χ2v) is 9.16. The third-order valence-corrected chi connectivity index (χ3v) is 6.17. The van der Waals surface area contributed by atoms with Crippen LogP contribution in [0, 0.1) is 0 Å². The van der Waals surface area contributed by atoms with Crippen molar-refractivity contribution in [3.8, 4) is 5.75 Å². The van der Waals surface area contributed by atoms with Gasteiger partial charge in [-0.15, -0.1) is 0 Å². The Morgan fingerprint density at radius 3 is 2.03 bits per heavy atom. The van der Waals surface area contributed by atoms with Gasteiger partial charge in [-0.05, 0) is 70.1 Å². The van der Waals surface area contributed by atoms with Crippen LogP contribution in [0.25, 0.3) is 21.5 Å². The summed E-state index contributed by atoms with van der Waals surface area (Å²) < 4.78 is 29.6. The molecule has 176 valence electrons. The van der Waals surface area contributed by atoms with E-state index in [2.05, 4.69) is 29.6 Å². The largest absolute Gasteiger partial charge is 0.506 e. The third-order valence-electron chi connectivity index (χ3n) is 5.32. The molecule has 0 bridgehead atoms. The fourth-order valence-electron chi connectivity index (χ4n) is 3.58. The van der Waals surface area contributed by atoms with E-state index in [4.69, 9.17) is 15.4 Å². The molecule has 7 nitrogen and oxygen atoms in total. The summed E-state index contributed by atoms with van der Waals surface area (Å²) in [5.41, 5.74) is 6.59. The second-order valence-electron chi connectivity index (χ2n) is 7.74. The molecular weight excluding hydrogens is 464 g/mol. The number of carbonyl (C=O) groups excluding carboxylic acids is 1. The molecule has 5 aromatic carbocycles. The number of rotatable bonds is 3. The summed E-state index contributed by atoms with van der Waals surface area (Å²) in [5, 5.41) is 16.2. The van der Waals surface area contributed by atoms with Gasteiger partial charge >= 0.3 is 0 Å². The number of nitrogen functional groups attached to an aromatic ring is 1. The number of para-hydroxylation sites is 1. The molecule has 0 aliphatic carbocycles. The number of anilines is 2. The van der Waals surface area contributed by atoms with Crippen molar-refractivity contribution in [1.82, 2.24) is 0 Å². The van der Waals surface area contributed by atoms with E-state index in [0.29, 0.717) is 5.56 Å². The number of fused-ring (bicyclic) bond motifs is 2. The smallest absolute Gasteiger partial charge is 0.294 e. The van der Waals surface area contributed by atoms with E-state index in [-0.39, 0.29) is 22.2 Å². The number of hydrogen-bond donors (Lipinski definition) is 4. The van der Waals surface area contributed by atoms with Crippen molar-refractivity contribution in [2.45, 2.75) is 4.90 Å². The highest BCUT2D eigenvalue weighted by molar-refractivity contribution is 7.85. The van der Waals surface area contributed by atoms with E-state index < -0.39 is 10.1 Å². The van der Waals surface area contributed by atoms with E-state index in [9.17, 15) is 13.2 Å². The first-order valence-electron chi connectivity index (χ1n) is 10.6. The van der Waals surface area contributed by atoms with Gasteiger partial charge in [0.2, 0.25) is 0 Å². The van der Waals surface area contributed by atoms with E-state index in [1.165, 1.54) is 5.39 Å². The predicted molar refractivity (Wildman–Crippen MR) is 138 cm³/mol. The van der Waals surface area contributed by atoms with Crippen molar-refractivity contribution in [2.75, 3.05) is 11.1 Å². The summed E-state index contributed by atoms with van der Waals surface area (Å²) in [6.45, 7) is 0. The molecule has 5 aromatic rings. The van der Waals surface area contributed by atoms with Crippen LogP contribution < -0.4 is 11.1 Å². The Hall–Kier alpha value is -4.40. The Morgan fingerprint density at radius 1 is 0.743 bits per heavy atom. The van der Waals surface area contributed by atoms with Gasteiger partial charge in [0.1, 0.15) is 5.75 Å². The fraction of sp³-hybridized carbons (Fsp3) is 0. The zero-order valence-electron chi connectivity index (χ0n) is 18.4. The summed E-state index contributed by atoms with van der Waals surface area (Å²) in [4.78, 5) is 12.3. The quantitative estimate of drug-likeness (QED) is 0.116. The van der Waals surface area contributed by atoms with E-state index in [0.717, 1.165) is 40.0 Å². The molecule has 5 N–H and O–H groups in total. The summed E-state index contributed by atoms with van der Waals surface area (Å²) in [5.74, 6) is -0.306. The van der Waals surface area contributed by atoms with Crippen LogP contribution in [0.2, 0.25) is 0 Å². The maximum absolute atomic E-state index is 12.7. The fourth-order valence-corrected chi connectivity index (χ4v) is 4.09. The van der Waals surface area contributed by atoms with Gasteiger partial charge in [0.05, 0.1) is 10.6 Å². The van der Waals surface area contributed by atoms with Crippen LogP contribution in [0.5, 0.6) is 5.75 Å². The highest BCUT2D eigenvalue weighted by Gasteiger charge is 2.11. The Bertz CT molecular complexity index is 1630. The number of benzene rings is 5. The lowest BCUT2D eigenvalue weighted by atomic mass is 9.99. The number of carbonyl (C=O) groups is 1. The molecule has 0 fully saturated rings. The average molecular weight is 487 g/mol. The molecule has 0 radical (unpaired) electrons. The molecule has 5 rings (SSSR count). The molecule has 0 saturated heterocycles. The number of amides is 1. The molecule has 0 heterocycles. The van der Waals surface area contributed by atoms with Gasteiger partial charge in [-0.3, -0.25) is 9.35 Å². The summed E-state index contributed by atoms with van der Waals surface area (Å²) in [7, 11) is -4.23. The zero-order chi connectivity index (χ0) is 25.0. The Labute approximate surface area is 202 Å².